The average molecular weight is 360 g/mol. The third-order valence-electron chi connectivity index (χ3n) is 3.76. The average Bonchev–Trinajstić information content (AvgIpc) is 3.03. The van der Waals surface area contributed by atoms with Crippen LogP contribution in [0.25, 0.3) is 11.6 Å². The fraction of sp³-hybridized carbons (Fsp3) is 0.235. The summed E-state index contributed by atoms with van der Waals surface area (Å²) in [7, 11) is 0. The molecule has 3 rings (SSSR count). The molecule has 0 radical (unpaired) electrons. The smallest absolute Gasteiger partial charge is 0.303 e. The lowest BCUT2D eigenvalue weighted by Crippen LogP contribution is -2.01. The van der Waals surface area contributed by atoms with Gasteiger partial charge in [-0.15, -0.1) is 11.3 Å². The molecule has 2 N–H and O–H groups in total. The topological polar surface area (TPSA) is 74.8 Å². The number of carboxylic acid groups (broad SMARTS) is 1. The van der Waals surface area contributed by atoms with Crippen LogP contribution in [0.3, 0.4) is 0 Å². The Labute approximate surface area is 148 Å². The maximum absolute atomic E-state index is 10.6. The molecule has 0 saturated carbocycles. The van der Waals surface area contributed by atoms with Gasteiger partial charge in [0.05, 0.1) is 10.6 Å². The Morgan fingerprint density at radius 1 is 1.46 bits per heavy atom. The van der Waals surface area contributed by atoms with Gasteiger partial charge in [0.25, 0.3) is 0 Å². The van der Waals surface area contributed by atoms with Crippen molar-refractivity contribution in [3.8, 4) is 5.88 Å². The number of carboxylic acids is 1. The number of allylic oxidation sites excluding steroid dienone is 1. The summed E-state index contributed by atoms with van der Waals surface area (Å²) in [5.74, 6) is -0.773. The summed E-state index contributed by atoms with van der Waals surface area (Å²) in [6.45, 7) is 2.41. The molecule has 124 valence electrons. The van der Waals surface area contributed by atoms with Gasteiger partial charge in [0.15, 0.2) is 3.95 Å². The predicted molar refractivity (Wildman–Crippen MR) is 98.9 cm³/mol. The van der Waals surface area contributed by atoms with Crippen LogP contribution in [0.4, 0.5) is 5.69 Å². The fourth-order valence-electron chi connectivity index (χ4n) is 2.55. The van der Waals surface area contributed by atoms with Crippen LogP contribution in [-0.2, 0) is 11.3 Å². The van der Waals surface area contributed by atoms with E-state index in [1.165, 1.54) is 11.3 Å². The molecule has 0 saturated heterocycles. The third-order valence-corrected chi connectivity index (χ3v) is 5.14. The van der Waals surface area contributed by atoms with Crippen molar-refractivity contribution in [1.82, 2.24) is 4.57 Å². The van der Waals surface area contributed by atoms with Crippen LogP contribution in [0.5, 0.6) is 5.88 Å². The first-order valence-corrected chi connectivity index (χ1v) is 8.69. The summed E-state index contributed by atoms with van der Waals surface area (Å²) >= 11 is 6.60. The third kappa shape index (κ3) is 3.32. The Morgan fingerprint density at radius 3 is 3.00 bits per heavy atom. The quantitative estimate of drug-likeness (QED) is 0.774. The molecule has 0 amide bonds. The molecule has 0 spiro atoms. The Kier molecular flexibility index (Phi) is 4.64. The molecular formula is C17H16N2O3S2. The first-order chi connectivity index (χ1) is 11.5. The van der Waals surface area contributed by atoms with Gasteiger partial charge in [-0.2, -0.15) is 0 Å². The van der Waals surface area contributed by atoms with Crippen LogP contribution in [0.15, 0.2) is 23.2 Å². The highest BCUT2D eigenvalue weighted by Crippen LogP contribution is 2.36. The number of aryl methyl sites for hydroxylation is 1. The van der Waals surface area contributed by atoms with Crippen molar-refractivity contribution in [3.05, 3.63) is 38.2 Å². The lowest BCUT2D eigenvalue weighted by molar-refractivity contribution is -0.137. The Hall–Kier alpha value is -2.25. The Bertz CT molecular complexity index is 922. The number of hydrogen-bond acceptors (Lipinski definition) is 5. The number of aromatic hydroxyl groups is 1. The zero-order valence-electron chi connectivity index (χ0n) is 13.0. The maximum Gasteiger partial charge on any atom is 0.303 e. The number of carbonyl (C=O) groups is 1. The molecule has 1 aliphatic heterocycles. The van der Waals surface area contributed by atoms with Gasteiger partial charge in [0.2, 0.25) is 5.88 Å². The molecule has 0 fully saturated rings. The van der Waals surface area contributed by atoms with Crippen molar-refractivity contribution in [2.75, 3.05) is 0 Å². The summed E-state index contributed by atoms with van der Waals surface area (Å²) < 4.78 is 2.11. The van der Waals surface area contributed by atoms with Crippen molar-refractivity contribution < 1.29 is 15.0 Å². The zero-order chi connectivity index (χ0) is 17.3. The molecule has 1 aromatic heterocycles. The molecule has 1 aliphatic rings. The van der Waals surface area contributed by atoms with Crippen LogP contribution < -0.4 is 0 Å². The minimum Gasteiger partial charge on any atom is -0.493 e. The minimum absolute atomic E-state index is 0.0484. The van der Waals surface area contributed by atoms with Crippen molar-refractivity contribution >= 4 is 53.1 Å². The van der Waals surface area contributed by atoms with Crippen molar-refractivity contribution in [2.24, 2.45) is 4.99 Å². The number of rotatable bonds is 5. The largest absolute Gasteiger partial charge is 0.493 e. The van der Waals surface area contributed by atoms with E-state index in [2.05, 4.69) is 11.1 Å². The van der Waals surface area contributed by atoms with Gasteiger partial charge < -0.3 is 10.2 Å². The number of benzene rings is 1. The molecule has 2 heterocycles. The summed E-state index contributed by atoms with van der Waals surface area (Å²) in [6, 6.07) is 6.05. The van der Waals surface area contributed by atoms with E-state index in [0.717, 1.165) is 22.4 Å². The second-order valence-electron chi connectivity index (χ2n) is 5.58. The summed E-state index contributed by atoms with van der Waals surface area (Å²) in [5, 5.41) is 19.1. The Balaban J connectivity index is 1.90. The van der Waals surface area contributed by atoms with Crippen LogP contribution in [0.2, 0.25) is 0 Å². The van der Waals surface area contributed by atoms with E-state index in [9.17, 15) is 9.90 Å². The zero-order valence-corrected chi connectivity index (χ0v) is 14.7. The molecule has 5 nitrogen and oxygen atoms in total. The number of aliphatic imine (C=N–C) groups is 1. The number of nitrogens with zero attached hydrogens (tertiary/aromatic N) is 2. The van der Waals surface area contributed by atoms with Gasteiger partial charge in [0, 0.05) is 30.3 Å². The second kappa shape index (κ2) is 6.70. The monoisotopic (exact) mass is 360 g/mol. The van der Waals surface area contributed by atoms with E-state index >= 15 is 0 Å². The van der Waals surface area contributed by atoms with Crippen molar-refractivity contribution in [1.29, 1.82) is 0 Å². The summed E-state index contributed by atoms with van der Waals surface area (Å²) in [5.41, 5.74) is 4.02. The van der Waals surface area contributed by atoms with E-state index in [-0.39, 0.29) is 12.3 Å². The normalized spacial score (nSPS) is 14.3. The van der Waals surface area contributed by atoms with Crippen LogP contribution in [0.1, 0.15) is 28.8 Å². The fourth-order valence-corrected chi connectivity index (χ4v) is 3.86. The number of aromatic nitrogens is 1. The summed E-state index contributed by atoms with van der Waals surface area (Å²) in [4.78, 5) is 15.7. The number of aliphatic carboxylic acids is 1. The molecule has 1 aromatic carbocycles. The lowest BCUT2D eigenvalue weighted by Gasteiger charge is -2.04. The van der Waals surface area contributed by atoms with Gasteiger partial charge in [-0.05, 0) is 43.8 Å². The summed E-state index contributed by atoms with van der Waals surface area (Å²) in [6.07, 6.45) is 4.12. The first-order valence-electron chi connectivity index (χ1n) is 7.47. The molecule has 0 unspecified atom stereocenters. The van der Waals surface area contributed by atoms with Crippen molar-refractivity contribution in [3.63, 3.8) is 0 Å². The van der Waals surface area contributed by atoms with Gasteiger partial charge >= 0.3 is 5.97 Å². The minimum atomic E-state index is -0.854. The van der Waals surface area contributed by atoms with E-state index in [0.29, 0.717) is 21.8 Å². The SMILES string of the molecule is Cc1ccc2c(c1)/C(=C\c1sc(=S)n(CCCC(=O)O)c1O)C=N2. The Morgan fingerprint density at radius 2 is 2.25 bits per heavy atom. The highest BCUT2D eigenvalue weighted by Gasteiger charge is 2.15. The van der Waals surface area contributed by atoms with Crippen LogP contribution in [0, 0.1) is 10.9 Å². The highest BCUT2D eigenvalue weighted by molar-refractivity contribution is 7.73. The molecule has 7 heteroatoms. The second-order valence-corrected chi connectivity index (χ2v) is 7.26. The molecule has 0 aliphatic carbocycles. The molecule has 24 heavy (non-hydrogen) atoms. The van der Waals surface area contributed by atoms with Crippen LogP contribution in [-0.4, -0.2) is 27.0 Å². The molecule has 2 aromatic rings. The molecular weight excluding hydrogens is 344 g/mol. The van der Waals surface area contributed by atoms with Gasteiger partial charge in [-0.25, -0.2) is 0 Å². The van der Waals surface area contributed by atoms with E-state index in [4.69, 9.17) is 17.3 Å². The van der Waals surface area contributed by atoms with E-state index in [1.807, 2.05) is 25.1 Å². The van der Waals surface area contributed by atoms with Gasteiger partial charge in [0.1, 0.15) is 0 Å². The molecule has 0 atom stereocenters. The van der Waals surface area contributed by atoms with E-state index in [1.54, 1.807) is 10.8 Å². The predicted octanol–water partition coefficient (Wildman–Crippen LogP) is 4.41. The van der Waals surface area contributed by atoms with Gasteiger partial charge in [-0.1, -0.05) is 11.6 Å². The number of fused-ring (bicyclic) bond motifs is 1. The van der Waals surface area contributed by atoms with Crippen molar-refractivity contribution in [2.45, 2.75) is 26.3 Å². The first kappa shape index (κ1) is 16.6. The van der Waals surface area contributed by atoms with E-state index < -0.39 is 5.97 Å². The lowest BCUT2D eigenvalue weighted by atomic mass is 10.0. The van der Waals surface area contributed by atoms with Crippen LogP contribution >= 0.6 is 23.6 Å². The number of thiazole rings is 1. The maximum atomic E-state index is 10.6. The van der Waals surface area contributed by atoms with Gasteiger partial charge in [-0.3, -0.25) is 14.4 Å². The highest BCUT2D eigenvalue weighted by atomic mass is 32.1. The standard InChI is InChI=1S/C17H16N2O3S2/c1-10-4-5-13-12(7-10)11(9-18-13)8-14-16(22)19(17(23)24-14)6-2-3-15(20)21/h4-5,7-9,22H,2-3,6H2,1H3,(H,20,21)/b11-8-. The number of hydrogen-bond donors (Lipinski definition) is 2. The molecule has 0 bridgehead atoms.